The molecule has 3 N–H and O–H groups in total. The van der Waals surface area contributed by atoms with Gasteiger partial charge in [-0.1, -0.05) is 12.1 Å². The highest BCUT2D eigenvalue weighted by Gasteiger charge is 2.06. The van der Waals surface area contributed by atoms with Crippen LogP contribution in [0.2, 0.25) is 0 Å². The Kier molecular flexibility index (Phi) is 4.30. The van der Waals surface area contributed by atoms with Crippen molar-refractivity contribution >= 4 is 17.3 Å². The molecule has 0 aromatic heterocycles. The van der Waals surface area contributed by atoms with Crippen molar-refractivity contribution in [3.63, 3.8) is 0 Å². The number of halogens is 2. The number of nitrogen functional groups attached to an aromatic ring is 1. The number of anilines is 2. The van der Waals surface area contributed by atoms with E-state index in [1.165, 1.54) is 0 Å². The van der Waals surface area contributed by atoms with Gasteiger partial charge in [-0.3, -0.25) is 4.79 Å². The second-order valence-electron chi connectivity index (χ2n) is 4.45. The first-order chi connectivity index (χ1) is 9.52. The average Bonchev–Trinajstić information content (AvgIpc) is 2.37. The van der Waals surface area contributed by atoms with Gasteiger partial charge in [-0.15, -0.1) is 0 Å². The molecule has 2 aromatic rings. The number of carbonyl (C=O) groups is 1. The molecule has 2 aromatic carbocycles. The van der Waals surface area contributed by atoms with Crippen LogP contribution in [-0.2, 0) is 11.2 Å². The Labute approximate surface area is 115 Å². The summed E-state index contributed by atoms with van der Waals surface area (Å²) >= 11 is 0. The molecule has 2 rings (SSSR count). The van der Waals surface area contributed by atoms with Crippen molar-refractivity contribution in [2.75, 3.05) is 11.1 Å². The largest absolute Gasteiger partial charge is 0.399 e. The van der Waals surface area contributed by atoms with Crippen LogP contribution in [0.3, 0.4) is 0 Å². The Morgan fingerprint density at radius 3 is 2.25 bits per heavy atom. The van der Waals surface area contributed by atoms with Crippen molar-refractivity contribution in [1.82, 2.24) is 0 Å². The van der Waals surface area contributed by atoms with Gasteiger partial charge in [0.2, 0.25) is 5.91 Å². The van der Waals surface area contributed by atoms with Gasteiger partial charge in [0.15, 0.2) is 0 Å². The fraction of sp³-hybridized carbons (Fsp3) is 0.133. The van der Waals surface area contributed by atoms with E-state index in [1.807, 2.05) is 12.1 Å². The molecule has 0 aliphatic heterocycles. The summed E-state index contributed by atoms with van der Waals surface area (Å²) in [5.74, 6) is -1.75. The van der Waals surface area contributed by atoms with Crippen LogP contribution in [0.5, 0.6) is 0 Å². The molecule has 20 heavy (non-hydrogen) atoms. The lowest BCUT2D eigenvalue weighted by Crippen LogP contribution is -2.12. The Hall–Kier alpha value is -2.43. The van der Waals surface area contributed by atoms with Crippen molar-refractivity contribution < 1.29 is 13.6 Å². The zero-order valence-electron chi connectivity index (χ0n) is 10.7. The van der Waals surface area contributed by atoms with Crippen molar-refractivity contribution in [2.24, 2.45) is 0 Å². The van der Waals surface area contributed by atoms with Gasteiger partial charge in [0.25, 0.3) is 0 Å². The van der Waals surface area contributed by atoms with E-state index in [1.54, 1.807) is 12.1 Å². The van der Waals surface area contributed by atoms with E-state index < -0.39 is 11.6 Å². The third-order valence-electron chi connectivity index (χ3n) is 2.77. The highest BCUT2D eigenvalue weighted by Crippen LogP contribution is 2.14. The summed E-state index contributed by atoms with van der Waals surface area (Å²) in [6, 6.07) is 10.1. The van der Waals surface area contributed by atoms with Gasteiger partial charge in [-0.25, -0.2) is 8.78 Å². The van der Waals surface area contributed by atoms with E-state index in [0.717, 1.165) is 23.8 Å². The molecule has 0 saturated carbocycles. The second kappa shape index (κ2) is 6.14. The molecule has 0 atom stereocenters. The third kappa shape index (κ3) is 4.05. The van der Waals surface area contributed by atoms with Gasteiger partial charge < -0.3 is 11.1 Å². The maximum Gasteiger partial charge on any atom is 0.224 e. The van der Waals surface area contributed by atoms with Crippen LogP contribution < -0.4 is 11.1 Å². The lowest BCUT2D eigenvalue weighted by Gasteiger charge is -2.06. The third-order valence-corrected chi connectivity index (χ3v) is 2.77. The van der Waals surface area contributed by atoms with Gasteiger partial charge in [0.1, 0.15) is 11.6 Å². The van der Waals surface area contributed by atoms with E-state index >= 15 is 0 Å². The van der Waals surface area contributed by atoms with Crippen molar-refractivity contribution in [3.8, 4) is 0 Å². The summed E-state index contributed by atoms with van der Waals surface area (Å²) in [6.45, 7) is 0. The van der Waals surface area contributed by atoms with Crippen LogP contribution in [0.4, 0.5) is 20.2 Å². The Morgan fingerprint density at radius 1 is 1.05 bits per heavy atom. The molecule has 0 heterocycles. The van der Waals surface area contributed by atoms with Crippen LogP contribution in [0.15, 0.2) is 42.5 Å². The molecule has 0 fully saturated rings. The predicted molar refractivity (Wildman–Crippen MR) is 74.2 cm³/mol. The zero-order valence-corrected chi connectivity index (χ0v) is 10.7. The summed E-state index contributed by atoms with van der Waals surface area (Å²) in [5.41, 5.74) is 7.31. The molecular formula is C15H14F2N2O. The lowest BCUT2D eigenvalue weighted by atomic mass is 10.1. The molecule has 0 aliphatic rings. The monoisotopic (exact) mass is 276 g/mol. The van der Waals surface area contributed by atoms with Crippen LogP contribution in [0, 0.1) is 11.6 Å². The minimum absolute atomic E-state index is 0.116. The number of aryl methyl sites for hydroxylation is 1. The summed E-state index contributed by atoms with van der Waals surface area (Å²) in [5, 5.41) is 2.46. The van der Waals surface area contributed by atoms with Crippen molar-refractivity contribution in [3.05, 3.63) is 59.7 Å². The summed E-state index contributed by atoms with van der Waals surface area (Å²) in [6.07, 6.45) is 0.756. The van der Waals surface area contributed by atoms with Gasteiger partial charge in [0.05, 0.1) is 0 Å². The molecule has 3 nitrogen and oxygen atoms in total. The van der Waals surface area contributed by atoms with E-state index in [-0.39, 0.29) is 18.0 Å². The molecule has 5 heteroatoms. The minimum atomic E-state index is -0.723. The fourth-order valence-corrected chi connectivity index (χ4v) is 1.79. The average molecular weight is 276 g/mol. The van der Waals surface area contributed by atoms with Crippen LogP contribution in [-0.4, -0.2) is 5.91 Å². The maximum atomic E-state index is 13.0. The quantitative estimate of drug-likeness (QED) is 0.843. The smallest absolute Gasteiger partial charge is 0.224 e. The van der Waals surface area contributed by atoms with Crippen LogP contribution in [0.1, 0.15) is 12.0 Å². The number of hydrogen-bond donors (Lipinski definition) is 2. The van der Waals surface area contributed by atoms with Gasteiger partial charge in [-0.05, 0) is 36.2 Å². The van der Waals surface area contributed by atoms with Crippen LogP contribution in [0.25, 0.3) is 0 Å². The number of benzene rings is 2. The number of carbonyl (C=O) groups excluding carboxylic acids is 1. The molecule has 1 amide bonds. The van der Waals surface area contributed by atoms with E-state index in [4.69, 9.17) is 5.73 Å². The highest BCUT2D eigenvalue weighted by atomic mass is 19.1. The summed E-state index contributed by atoms with van der Waals surface area (Å²) in [4.78, 5) is 11.7. The summed E-state index contributed by atoms with van der Waals surface area (Å²) in [7, 11) is 0. The predicted octanol–water partition coefficient (Wildman–Crippen LogP) is 3.12. The molecule has 0 unspecified atom stereocenters. The molecule has 0 bridgehead atoms. The first-order valence-corrected chi connectivity index (χ1v) is 6.13. The highest BCUT2D eigenvalue weighted by molar-refractivity contribution is 5.90. The number of hydrogen-bond acceptors (Lipinski definition) is 2. The van der Waals surface area contributed by atoms with Gasteiger partial charge in [0, 0.05) is 23.9 Å². The Morgan fingerprint density at radius 2 is 1.65 bits per heavy atom. The number of rotatable bonds is 4. The number of amides is 1. The molecular weight excluding hydrogens is 262 g/mol. The number of nitrogens with two attached hydrogens (primary N) is 1. The molecule has 104 valence electrons. The van der Waals surface area contributed by atoms with Gasteiger partial charge in [-0.2, -0.15) is 0 Å². The van der Waals surface area contributed by atoms with Crippen molar-refractivity contribution in [1.29, 1.82) is 0 Å². The molecule has 0 spiro atoms. The van der Waals surface area contributed by atoms with Crippen LogP contribution >= 0.6 is 0 Å². The van der Waals surface area contributed by atoms with E-state index in [2.05, 4.69) is 5.32 Å². The zero-order chi connectivity index (χ0) is 14.5. The minimum Gasteiger partial charge on any atom is -0.399 e. The van der Waals surface area contributed by atoms with E-state index in [0.29, 0.717) is 12.1 Å². The van der Waals surface area contributed by atoms with Crippen molar-refractivity contribution in [2.45, 2.75) is 12.8 Å². The SMILES string of the molecule is Nc1ccc(CCC(=O)Nc2cc(F)cc(F)c2)cc1. The second-order valence-corrected chi connectivity index (χ2v) is 4.45. The standard InChI is InChI=1S/C15H14F2N2O/c16-11-7-12(17)9-14(8-11)19-15(20)6-3-10-1-4-13(18)5-2-10/h1-2,4-5,7-9H,3,6,18H2,(H,19,20). The summed E-state index contributed by atoms with van der Waals surface area (Å²) < 4.78 is 25.9. The Balaban J connectivity index is 1.90. The molecule has 0 saturated heterocycles. The molecule has 0 aliphatic carbocycles. The topological polar surface area (TPSA) is 55.1 Å². The Bertz CT molecular complexity index is 592. The fourth-order valence-electron chi connectivity index (χ4n) is 1.79. The van der Waals surface area contributed by atoms with E-state index in [9.17, 15) is 13.6 Å². The lowest BCUT2D eigenvalue weighted by molar-refractivity contribution is -0.116. The number of nitrogens with one attached hydrogen (secondary N) is 1. The molecule has 0 radical (unpaired) electrons. The normalized spacial score (nSPS) is 10.3. The maximum absolute atomic E-state index is 13.0. The first-order valence-electron chi connectivity index (χ1n) is 6.13. The first kappa shape index (κ1) is 14.0. The van der Waals surface area contributed by atoms with Gasteiger partial charge >= 0.3 is 0 Å².